The number of hydrogen-bond donors (Lipinski definition) is 3. The fourth-order valence-corrected chi connectivity index (χ4v) is 3.65. The molecule has 1 aliphatic carbocycles. The smallest absolute Gasteiger partial charge is 0.282 e. The van der Waals surface area contributed by atoms with Crippen molar-refractivity contribution in [1.29, 1.82) is 0 Å². The van der Waals surface area contributed by atoms with Crippen LogP contribution in [0.3, 0.4) is 0 Å². The van der Waals surface area contributed by atoms with E-state index < -0.39 is 10.8 Å². The van der Waals surface area contributed by atoms with Crippen molar-refractivity contribution in [2.75, 3.05) is 5.32 Å². The van der Waals surface area contributed by atoms with Crippen LogP contribution in [-0.2, 0) is 0 Å². The largest absolute Gasteiger partial charge is 0.349 e. The first-order valence-corrected chi connectivity index (χ1v) is 10.1. The van der Waals surface area contributed by atoms with Gasteiger partial charge in [0, 0.05) is 12.1 Å². The Bertz CT molecular complexity index is 973. The zero-order valence-corrected chi connectivity index (χ0v) is 17.0. The molecular formula is C21H22N4O4S. The van der Waals surface area contributed by atoms with Crippen LogP contribution in [-0.4, -0.2) is 27.9 Å². The Morgan fingerprint density at radius 3 is 2.27 bits per heavy atom. The average molecular weight is 426 g/mol. The van der Waals surface area contributed by atoms with Crippen molar-refractivity contribution < 1.29 is 14.5 Å². The Morgan fingerprint density at radius 1 is 0.933 bits per heavy atom. The number of nitrogens with one attached hydrogen (secondary N) is 3. The van der Waals surface area contributed by atoms with Gasteiger partial charge in [-0.3, -0.25) is 25.0 Å². The molecule has 0 unspecified atom stereocenters. The monoisotopic (exact) mass is 426 g/mol. The van der Waals surface area contributed by atoms with Crippen molar-refractivity contribution in [2.24, 2.45) is 0 Å². The van der Waals surface area contributed by atoms with Gasteiger partial charge in [-0.1, -0.05) is 43.5 Å². The zero-order valence-electron chi connectivity index (χ0n) is 16.2. The van der Waals surface area contributed by atoms with E-state index >= 15 is 0 Å². The molecule has 0 radical (unpaired) electrons. The van der Waals surface area contributed by atoms with Gasteiger partial charge in [-0.15, -0.1) is 0 Å². The van der Waals surface area contributed by atoms with Gasteiger partial charge in [0.15, 0.2) is 5.11 Å². The number of nitro groups is 1. The third-order valence-corrected chi connectivity index (χ3v) is 5.14. The molecule has 3 rings (SSSR count). The quantitative estimate of drug-likeness (QED) is 0.381. The average Bonchev–Trinajstić information content (AvgIpc) is 2.74. The van der Waals surface area contributed by atoms with Gasteiger partial charge in [-0.2, -0.15) is 0 Å². The van der Waals surface area contributed by atoms with Gasteiger partial charge in [0.25, 0.3) is 17.5 Å². The van der Waals surface area contributed by atoms with E-state index in [2.05, 4.69) is 16.0 Å². The predicted octanol–water partition coefficient (Wildman–Crippen LogP) is 3.78. The number of anilines is 1. The lowest BCUT2D eigenvalue weighted by Crippen LogP contribution is -2.38. The standard InChI is InChI=1S/C21H22N4O4S/c26-19(22-14-8-2-1-3-9-14)15-10-4-6-12-17(15)23-21(30)24-20(27)16-11-5-7-13-18(16)25(28)29/h4-7,10-14H,1-3,8-9H2,(H,22,26)(H2,23,24,27,30). The van der Waals surface area contributed by atoms with Gasteiger partial charge in [0.1, 0.15) is 5.56 Å². The van der Waals surface area contributed by atoms with Crippen LogP contribution < -0.4 is 16.0 Å². The topological polar surface area (TPSA) is 113 Å². The van der Waals surface area contributed by atoms with Gasteiger partial charge >= 0.3 is 0 Å². The predicted molar refractivity (Wildman–Crippen MR) is 118 cm³/mol. The summed E-state index contributed by atoms with van der Waals surface area (Å²) < 4.78 is 0. The Balaban J connectivity index is 1.68. The van der Waals surface area contributed by atoms with E-state index in [-0.39, 0.29) is 28.3 Å². The summed E-state index contributed by atoms with van der Waals surface area (Å²) >= 11 is 5.18. The van der Waals surface area contributed by atoms with E-state index in [1.807, 2.05) is 0 Å². The minimum atomic E-state index is -0.705. The van der Waals surface area contributed by atoms with Gasteiger partial charge in [-0.25, -0.2) is 0 Å². The molecule has 0 atom stereocenters. The van der Waals surface area contributed by atoms with Crippen LogP contribution in [0.5, 0.6) is 0 Å². The number of carbonyl (C=O) groups is 2. The number of hydrogen-bond acceptors (Lipinski definition) is 5. The van der Waals surface area contributed by atoms with Crippen LogP contribution in [0.15, 0.2) is 48.5 Å². The zero-order chi connectivity index (χ0) is 21.5. The van der Waals surface area contributed by atoms with Crippen LogP contribution in [0.2, 0.25) is 0 Å². The lowest BCUT2D eigenvalue weighted by molar-refractivity contribution is -0.385. The molecule has 1 fully saturated rings. The highest BCUT2D eigenvalue weighted by Gasteiger charge is 2.21. The summed E-state index contributed by atoms with van der Waals surface area (Å²) in [7, 11) is 0. The molecule has 8 nitrogen and oxygen atoms in total. The third-order valence-electron chi connectivity index (χ3n) is 4.93. The lowest BCUT2D eigenvalue weighted by Gasteiger charge is -2.23. The number of rotatable bonds is 5. The molecule has 0 spiro atoms. The normalized spacial score (nSPS) is 13.9. The summed E-state index contributed by atoms with van der Waals surface area (Å²) in [5.74, 6) is -0.915. The molecule has 0 aliphatic heterocycles. The SMILES string of the molecule is O=C(NC1CCCCC1)c1ccccc1NC(=S)NC(=O)c1ccccc1[N+](=O)[O-]. The van der Waals surface area contributed by atoms with E-state index in [1.165, 1.54) is 30.7 Å². The molecule has 1 aliphatic rings. The number of para-hydroxylation sites is 2. The second-order valence-electron chi connectivity index (χ2n) is 7.04. The Morgan fingerprint density at radius 2 is 1.57 bits per heavy atom. The number of amides is 2. The number of thiocarbonyl (C=S) groups is 1. The van der Waals surface area contributed by atoms with E-state index in [1.54, 1.807) is 24.3 Å². The van der Waals surface area contributed by atoms with Crippen LogP contribution in [0.4, 0.5) is 11.4 Å². The fourth-order valence-electron chi connectivity index (χ4n) is 3.45. The van der Waals surface area contributed by atoms with Crippen molar-refractivity contribution in [2.45, 2.75) is 38.1 Å². The van der Waals surface area contributed by atoms with Gasteiger partial charge in [0.2, 0.25) is 0 Å². The van der Waals surface area contributed by atoms with Gasteiger partial charge in [-0.05, 0) is 43.3 Å². The third kappa shape index (κ3) is 5.38. The maximum Gasteiger partial charge on any atom is 0.282 e. The first-order valence-electron chi connectivity index (χ1n) is 9.71. The number of nitro benzene ring substituents is 1. The van der Waals surface area contributed by atoms with E-state index in [9.17, 15) is 19.7 Å². The summed E-state index contributed by atoms with van der Waals surface area (Å²) in [6.45, 7) is 0. The lowest BCUT2D eigenvalue weighted by atomic mass is 9.95. The molecule has 0 aromatic heterocycles. The van der Waals surface area contributed by atoms with Gasteiger partial charge in [0.05, 0.1) is 16.2 Å². The van der Waals surface area contributed by atoms with Crippen molar-refractivity contribution >= 4 is 40.5 Å². The van der Waals surface area contributed by atoms with Crippen molar-refractivity contribution in [1.82, 2.24) is 10.6 Å². The number of carbonyl (C=O) groups excluding carboxylic acids is 2. The molecule has 156 valence electrons. The summed E-state index contributed by atoms with van der Waals surface area (Å²) in [4.78, 5) is 35.6. The maximum atomic E-state index is 12.7. The highest BCUT2D eigenvalue weighted by atomic mass is 32.1. The number of nitrogens with zero attached hydrogens (tertiary/aromatic N) is 1. The highest BCUT2D eigenvalue weighted by Crippen LogP contribution is 2.20. The van der Waals surface area contributed by atoms with E-state index in [4.69, 9.17) is 12.2 Å². The molecule has 2 aromatic carbocycles. The van der Waals surface area contributed by atoms with E-state index in [0.717, 1.165) is 25.7 Å². The van der Waals surface area contributed by atoms with Crippen molar-refractivity contribution in [3.05, 3.63) is 69.8 Å². The molecule has 30 heavy (non-hydrogen) atoms. The highest BCUT2D eigenvalue weighted by molar-refractivity contribution is 7.80. The second-order valence-corrected chi connectivity index (χ2v) is 7.44. The summed E-state index contributed by atoms with van der Waals surface area (Å²) in [6.07, 6.45) is 5.33. The first kappa shape index (κ1) is 21.4. The Labute approximate surface area is 179 Å². The van der Waals surface area contributed by atoms with Crippen LogP contribution in [0.1, 0.15) is 52.8 Å². The first-order chi connectivity index (χ1) is 14.5. The van der Waals surface area contributed by atoms with Crippen LogP contribution >= 0.6 is 12.2 Å². The molecule has 0 saturated heterocycles. The summed E-state index contributed by atoms with van der Waals surface area (Å²) in [5.41, 5.74) is 0.434. The maximum absolute atomic E-state index is 12.7. The summed E-state index contributed by atoms with van der Waals surface area (Å²) in [6, 6.07) is 12.6. The number of benzene rings is 2. The minimum Gasteiger partial charge on any atom is -0.349 e. The second kappa shape index (κ2) is 9.93. The van der Waals surface area contributed by atoms with Crippen LogP contribution in [0.25, 0.3) is 0 Å². The molecule has 0 heterocycles. The Kier molecular flexibility index (Phi) is 7.08. The minimum absolute atomic E-state index is 0.0592. The van der Waals surface area contributed by atoms with E-state index in [0.29, 0.717) is 11.3 Å². The fraction of sp³-hybridized carbons (Fsp3) is 0.286. The van der Waals surface area contributed by atoms with Crippen LogP contribution in [0, 0.1) is 10.1 Å². The molecule has 2 aromatic rings. The van der Waals surface area contributed by atoms with Gasteiger partial charge < -0.3 is 10.6 Å². The van der Waals surface area contributed by atoms with Crippen molar-refractivity contribution in [3.8, 4) is 0 Å². The summed E-state index contributed by atoms with van der Waals surface area (Å²) in [5, 5.41) is 19.4. The van der Waals surface area contributed by atoms with Crippen molar-refractivity contribution in [3.63, 3.8) is 0 Å². The molecule has 1 saturated carbocycles. The molecule has 9 heteroatoms. The Hall–Kier alpha value is -3.33. The molecule has 3 N–H and O–H groups in total. The molecule has 0 bridgehead atoms. The molecule has 2 amide bonds. The molecular weight excluding hydrogens is 404 g/mol.